The molecule has 0 aromatic carbocycles. The summed E-state index contributed by atoms with van der Waals surface area (Å²) in [4.78, 5) is 19.4. The summed E-state index contributed by atoms with van der Waals surface area (Å²) in [5, 5.41) is 4.78. The fourth-order valence-electron chi connectivity index (χ4n) is 0. The van der Waals surface area contributed by atoms with E-state index < -0.39 is 0 Å². The van der Waals surface area contributed by atoms with Gasteiger partial charge in [0.1, 0.15) is 0 Å². The molecule has 0 radical (unpaired) electrons. The number of carbonyl (C=O) groups excluding carboxylic acids is 2. The van der Waals surface area contributed by atoms with Crippen molar-refractivity contribution in [2.75, 3.05) is 14.1 Å². The predicted molar refractivity (Wildman–Crippen MR) is 39.5 cm³/mol. The zero-order valence-corrected chi connectivity index (χ0v) is 6.82. The molecule has 0 saturated heterocycles. The molecule has 4 heteroatoms. The summed E-state index contributed by atoms with van der Waals surface area (Å²) in [5.41, 5.74) is 0. The molecule has 60 valence electrons. The lowest BCUT2D eigenvalue weighted by molar-refractivity contribution is -0.119. The van der Waals surface area contributed by atoms with Crippen LogP contribution in [0.25, 0.3) is 0 Å². The van der Waals surface area contributed by atoms with E-state index in [1.54, 1.807) is 14.1 Å². The van der Waals surface area contributed by atoms with Crippen LogP contribution in [0.1, 0.15) is 13.8 Å². The van der Waals surface area contributed by atoms with Gasteiger partial charge in [-0.05, 0) is 0 Å². The van der Waals surface area contributed by atoms with E-state index in [2.05, 4.69) is 10.6 Å². The average Bonchev–Trinajstić information content (AvgIpc) is 1.89. The molecular formula is C6H14N2O2. The third-order valence-corrected chi connectivity index (χ3v) is 0.704. The molecule has 0 rings (SSSR count). The van der Waals surface area contributed by atoms with Crippen LogP contribution in [-0.2, 0) is 9.59 Å². The molecule has 0 aliphatic rings. The Labute approximate surface area is 61.0 Å². The minimum Gasteiger partial charge on any atom is -0.359 e. The minimum atomic E-state index is 0.00463. The molecule has 0 heterocycles. The van der Waals surface area contributed by atoms with E-state index in [0.717, 1.165) is 0 Å². The Morgan fingerprint density at radius 1 is 0.900 bits per heavy atom. The molecule has 0 atom stereocenters. The van der Waals surface area contributed by atoms with Gasteiger partial charge in [-0.2, -0.15) is 0 Å². The van der Waals surface area contributed by atoms with Gasteiger partial charge in [0.15, 0.2) is 0 Å². The van der Waals surface area contributed by atoms with Gasteiger partial charge in [0.2, 0.25) is 11.8 Å². The molecule has 0 saturated carbocycles. The predicted octanol–water partition coefficient (Wildman–Crippen LogP) is -0.495. The van der Waals surface area contributed by atoms with Crippen LogP contribution in [0.3, 0.4) is 0 Å². The Kier molecular flexibility index (Phi) is 9.29. The molecular weight excluding hydrogens is 132 g/mol. The molecule has 0 unspecified atom stereocenters. The molecule has 0 bridgehead atoms. The molecule has 4 nitrogen and oxygen atoms in total. The highest BCUT2D eigenvalue weighted by Crippen LogP contribution is 1.45. The summed E-state index contributed by atoms with van der Waals surface area (Å²) < 4.78 is 0. The summed E-state index contributed by atoms with van der Waals surface area (Å²) in [6, 6.07) is 0. The van der Waals surface area contributed by atoms with Crippen molar-refractivity contribution >= 4 is 11.8 Å². The fourth-order valence-corrected chi connectivity index (χ4v) is 0. The van der Waals surface area contributed by atoms with Gasteiger partial charge in [-0.25, -0.2) is 0 Å². The average molecular weight is 146 g/mol. The molecule has 0 aliphatic heterocycles. The minimum absolute atomic E-state index is 0.00463. The van der Waals surface area contributed by atoms with Crippen LogP contribution in [0.15, 0.2) is 0 Å². The first kappa shape index (κ1) is 11.7. The highest BCUT2D eigenvalue weighted by molar-refractivity contribution is 5.72. The van der Waals surface area contributed by atoms with E-state index in [1.165, 1.54) is 13.8 Å². The van der Waals surface area contributed by atoms with Crippen LogP contribution in [0.2, 0.25) is 0 Å². The molecule has 2 amide bonds. The summed E-state index contributed by atoms with van der Waals surface area (Å²) in [5.74, 6) is 0.00926. The SMILES string of the molecule is CNC(C)=O.CNC(C)=O. The standard InChI is InChI=1S/2C3H7NO/c2*1-3(5)4-2/h2*1-2H3,(H,4,5). The Hall–Kier alpha value is -1.06. The Bertz CT molecular complexity index is 98.3. The summed E-state index contributed by atoms with van der Waals surface area (Å²) in [6.07, 6.45) is 0. The number of carbonyl (C=O) groups is 2. The van der Waals surface area contributed by atoms with Crippen molar-refractivity contribution in [1.29, 1.82) is 0 Å². The van der Waals surface area contributed by atoms with Crippen LogP contribution in [0, 0.1) is 0 Å². The molecule has 2 N–H and O–H groups in total. The number of nitrogens with one attached hydrogen (secondary N) is 2. The first-order valence-corrected chi connectivity index (χ1v) is 2.91. The highest BCUT2D eigenvalue weighted by atomic mass is 16.1. The normalized spacial score (nSPS) is 6.80. The summed E-state index contributed by atoms with van der Waals surface area (Å²) in [7, 11) is 3.20. The first-order valence-electron chi connectivity index (χ1n) is 2.91. The van der Waals surface area contributed by atoms with Crippen molar-refractivity contribution < 1.29 is 9.59 Å². The second-order valence-corrected chi connectivity index (χ2v) is 1.61. The molecule has 0 spiro atoms. The van der Waals surface area contributed by atoms with Crippen molar-refractivity contribution in [3.8, 4) is 0 Å². The van der Waals surface area contributed by atoms with Gasteiger partial charge in [0.25, 0.3) is 0 Å². The largest absolute Gasteiger partial charge is 0.359 e. The van der Waals surface area contributed by atoms with Crippen molar-refractivity contribution in [3.63, 3.8) is 0 Å². The highest BCUT2D eigenvalue weighted by Gasteiger charge is 1.73. The lowest BCUT2D eigenvalue weighted by Crippen LogP contribution is -2.11. The van der Waals surface area contributed by atoms with Crippen LogP contribution < -0.4 is 10.6 Å². The quantitative estimate of drug-likeness (QED) is 0.484. The van der Waals surface area contributed by atoms with Crippen molar-refractivity contribution in [3.05, 3.63) is 0 Å². The third-order valence-electron chi connectivity index (χ3n) is 0.704. The molecule has 10 heavy (non-hydrogen) atoms. The lowest BCUT2D eigenvalue weighted by Gasteiger charge is -1.80. The van der Waals surface area contributed by atoms with E-state index in [9.17, 15) is 9.59 Å². The van der Waals surface area contributed by atoms with Crippen LogP contribution >= 0.6 is 0 Å². The maximum absolute atomic E-state index is 9.70. The maximum Gasteiger partial charge on any atom is 0.216 e. The Morgan fingerprint density at radius 3 is 1.00 bits per heavy atom. The fraction of sp³-hybridized carbons (Fsp3) is 0.667. The van der Waals surface area contributed by atoms with Gasteiger partial charge in [-0.15, -0.1) is 0 Å². The van der Waals surface area contributed by atoms with Crippen LogP contribution in [0.5, 0.6) is 0 Å². The topological polar surface area (TPSA) is 58.2 Å². The zero-order chi connectivity index (χ0) is 8.57. The Morgan fingerprint density at radius 2 is 1.00 bits per heavy atom. The summed E-state index contributed by atoms with van der Waals surface area (Å²) in [6.45, 7) is 2.94. The molecule has 0 aromatic rings. The van der Waals surface area contributed by atoms with Crippen molar-refractivity contribution in [2.24, 2.45) is 0 Å². The smallest absolute Gasteiger partial charge is 0.216 e. The molecule has 0 aromatic heterocycles. The van der Waals surface area contributed by atoms with E-state index >= 15 is 0 Å². The van der Waals surface area contributed by atoms with E-state index in [1.807, 2.05) is 0 Å². The number of rotatable bonds is 0. The van der Waals surface area contributed by atoms with Crippen LogP contribution in [0.4, 0.5) is 0 Å². The van der Waals surface area contributed by atoms with E-state index in [4.69, 9.17) is 0 Å². The third kappa shape index (κ3) is 28.3. The van der Waals surface area contributed by atoms with Gasteiger partial charge < -0.3 is 10.6 Å². The van der Waals surface area contributed by atoms with Crippen LogP contribution in [-0.4, -0.2) is 25.9 Å². The monoisotopic (exact) mass is 146 g/mol. The molecule has 0 aliphatic carbocycles. The van der Waals surface area contributed by atoms with Gasteiger partial charge in [0.05, 0.1) is 0 Å². The zero-order valence-electron chi connectivity index (χ0n) is 6.82. The van der Waals surface area contributed by atoms with Crippen molar-refractivity contribution in [2.45, 2.75) is 13.8 Å². The second kappa shape index (κ2) is 7.94. The Balaban J connectivity index is 0. The number of amides is 2. The number of hydrogen-bond acceptors (Lipinski definition) is 2. The maximum atomic E-state index is 9.70. The molecule has 0 fully saturated rings. The van der Waals surface area contributed by atoms with Crippen molar-refractivity contribution in [1.82, 2.24) is 10.6 Å². The van der Waals surface area contributed by atoms with Gasteiger partial charge in [-0.1, -0.05) is 0 Å². The van der Waals surface area contributed by atoms with Gasteiger partial charge in [0, 0.05) is 27.9 Å². The second-order valence-electron chi connectivity index (χ2n) is 1.61. The van der Waals surface area contributed by atoms with Gasteiger partial charge >= 0.3 is 0 Å². The van der Waals surface area contributed by atoms with Gasteiger partial charge in [-0.3, -0.25) is 9.59 Å². The van der Waals surface area contributed by atoms with E-state index in [0.29, 0.717) is 0 Å². The lowest BCUT2D eigenvalue weighted by atomic mass is 10.7. The summed E-state index contributed by atoms with van der Waals surface area (Å²) >= 11 is 0. The van der Waals surface area contributed by atoms with E-state index in [-0.39, 0.29) is 11.8 Å². The first-order chi connectivity index (χ1) is 4.54. The number of hydrogen-bond donors (Lipinski definition) is 2.